The lowest BCUT2D eigenvalue weighted by atomic mass is 10.2. The Morgan fingerprint density at radius 3 is 3.06 bits per heavy atom. The fourth-order valence-corrected chi connectivity index (χ4v) is 1.84. The molecule has 2 heterocycles. The van der Waals surface area contributed by atoms with Gasteiger partial charge in [0.15, 0.2) is 0 Å². The number of nitrogens with zero attached hydrogens (tertiary/aromatic N) is 3. The molecule has 18 heavy (non-hydrogen) atoms. The van der Waals surface area contributed by atoms with Crippen molar-refractivity contribution in [2.75, 3.05) is 7.11 Å². The van der Waals surface area contributed by atoms with Crippen molar-refractivity contribution in [1.29, 1.82) is 0 Å². The Balaban J connectivity index is 2.20. The van der Waals surface area contributed by atoms with Crippen LogP contribution in [0.25, 0.3) is 0 Å². The Morgan fingerprint density at radius 2 is 2.33 bits per heavy atom. The maximum Gasteiger partial charge on any atom is 0.213 e. The first-order valence-corrected chi connectivity index (χ1v) is 5.99. The van der Waals surface area contributed by atoms with Gasteiger partial charge in [-0.15, -0.1) is 0 Å². The van der Waals surface area contributed by atoms with Gasteiger partial charge in [-0.3, -0.25) is 0 Å². The van der Waals surface area contributed by atoms with Gasteiger partial charge in [0.2, 0.25) is 5.88 Å². The molecule has 0 aliphatic heterocycles. The number of imidazole rings is 1. The van der Waals surface area contributed by atoms with Crippen LogP contribution < -0.4 is 10.5 Å². The van der Waals surface area contributed by atoms with Gasteiger partial charge in [-0.05, 0) is 18.1 Å². The van der Waals surface area contributed by atoms with E-state index in [0.717, 1.165) is 24.2 Å². The minimum atomic E-state index is 0.0243. The fourth-order valence-electron chi connectivity index (χ4n) is 1.84. The molecule has 2 N–H and O–H groups in total. The normalized spacial score (nSPS) is 12.4. The second-order valence-electron chi connectivity index (χ2n) is 4.17. The van der Waals surface area contributed by atoms with E-state index in [1.54, 1.807) is 19.6 Å². The minimum Gasteiger partial charge on any atom is -0.481 e. The van der Waals surface area contributed by atoms with Crippen molar-refractivity contribution >= 4 is 0 Å². The van der Waals surface area contributed by atoms with E-state index in [2.05, 4.69) is 21.5 Å². The van der Waals surface area contributed by atoms with Crippen molar-refractivity contribution in [3.05, 3.63) is 42.1 Å². The van der Waals surface area contributed by atoms with E-state index < -0.39 is 0 Å². The first kappa shape index (κ1) is 12.6. The van der Waals surface area contributed by atoms with Crippen molar-refractivity contribution in [2.24, 2.45) is 5.73 Å². The lowest BCUT2D eigenvalue weighted by Crippen LogP contribution is -2.14. The number of methoxy groups -OCH3 is 1. The third-order valence-corrected chi connectivity index (χ3v) is 2.93. The van der Waals surface area contributed by atoms with Gasteiger partial charge >= 0.3 is 0 Å². The van der Waals surface area contributed by atoms with E-state index in [1.165, 1.54) is 0 Å². The lowest BCUT2D eigenvalue weighted by molar-refractivity contribution is 0.397. The van der Waals surface area contributed by atoms with Crippen LogP contribution in [0.4, 0.5) is 0 Å². The number of ether oxygens (including phenoxy) is 1. The van der Waals surface area contributed by atoms with Crippen LogP contribution in [0.2, 0.25) is 0 Å². The molecule has 2 aromatic heterocycles. The molecule has 0 radical (unpaired) electrons. The quantitative estimate of drug-likeness (QED) is 0.872. The summed E-state index contributed by atoms with van der Waals surface area (Å²) in [6.07, 6.45) is 6.26. The zero-order valence-corrected chi connectivity index (χ0v) is 10.7. The van der Waals surface area contributed by atoms with Gasteiger partial charge in [-0.2, -0.15) is 0 Å². The largest absolute Gasteiger partial charge is 0.481 e. The van der Waals surface area contributed by atoms with E-state index in [9.17, 15) is 0 Å². The molecule has 0 saturated carbocycles. The molecule has 0 aliphatic rings. The van der Waals surface area contributed by atoms with Crippen LogP contribution in [0.3, 0.4) is 0 Å². The molecule has 0 aromatic carbocycles. The van der Waals surface area contributed by atoms with Crippen LogP contribution in [0.15, 0.2) is 30.9 Å². The number of aromatic nitrogens is 3. The number of pyridine rings is 1. The zero-order valence-electron chi connectivity index (χ0n) is 10.7. The van der Waals surface area contributed by atoms with Crippen LogP contribution in [-0.4, -0.2) is 21.6 Å². The van der Waals surface area contributed by atoms with Gasteiger partial charge in [0.25, 0.3) is 0 Å². The molecule has 0 aliphatic carbocycles. The van der Waals surface area contributed by atoms with Gasteiger partial charge in [-0.1, -0.05) is 6.92 Å². The Labute approximate surface area is 107 Å². The summed E-state index contributed by atoms with van der Waals surface area (Å²) in [5.41, 5.74) is 8.22. The molecule has 0 amide bonds. The van der Waals surface area contributed by atoms with Gasteiger partial charge in [0.1, 0.15) is 0 Å². The third-order valence-electron chi connectivity index (χ3n) is 2.93. The van der Waals surface area contributed by atoms with Crippen LogP contribution in [0, 0.1) is 0 Å². The Kier molecular flexibility index (Phi) is 3.94. The predicted molar refractivity (Wildman–Crippen MR) is 69.3 cm³/mol. The molecule has 0 fully saturated rings. The van der Waals surface area contributed by atoms with Crippen molar-refractivity contribution in [3.63, 3.8) is 0 Å². The Morgan fingerprint density at radius 1 is 1.50 bits per heavy atom. The molecule has 1 atom stereocenters. The average Bonchev–Trinajstić information content (AvgIpc) is 2.86. The molecule has 2 rings (SSSR count). The topological polar surface area (TPSA) is 66.0 Å². The number of hydrogen-bond donors (Lipinski definition) is 1. The average molecular weight is 246 g/mol. The summed E-state index contributed by atoms with van der Waals surface area (Å²) in [5, 5.41) is 0. The first-order valence-electron chi connectivity index (χ1n) is 5.99. The molecule has 5 nitrogen and oxygen atoms in total. The highest BCUT2D eigenvalue weighted by Gasteiger charge is 2.10. The standard InChI is InChI=1S/C13H18N4O/c1-3-11(14)12-7-15-9-17(12)8-10-4-5-16-13(6-10)18-2/h4-7,9,11H,3,8,14H2,1-2H3/t11-/m1/s1. The van der Waals surface area contributed by atoms with Crippen LogP contribution in [0.5, 0.6) is 5.88 Å². The highest BCUT2D eigenvalue weighted by atomic mass is 16.5. The summed E-state index contributed by atoms with van der Waals surface area (Å²) in [5.74, 6) is 0.619. The maximum absolute atomic E-state index is 6.05. The van der Waals surface area contributed by atoms with Gasteiger partial charge in [-0.25, -0.2) is 9.97 Å². The molecule has 0 bridgehead atoms. The maximum atomic E-state index is 6.05. The van der Waals surface area contributed by atoms with E-state index in [1.807, 2.05) is 18.3 Å². The van der Waals surface area contributed by atoms with Gasteiger partial charge in [0.05, 0.1) is 19.1 Å². The highest BCUT2D eigenvalue weighted by molar-refractivity contribution is 5.21. The Hall–Kier alpha value is -1.88. The summed E-state index contributed by atoms with van der Waals surface area (Å²) in [6.45, 7) is 2.79. The lowest BCUT2D eigenvalue weighted by Gasteiger charge is -2.13. The summed E-state index contributed by atoms with van der Waals surface area (Å²) < 4.78 is 7.17. The van der Waals surface area contributed by atoms with Crippen molar-refractivity contribution < 1.29 is 4.74 Å². The zero-order chi connectivity index (χ0) is 13.0. The smallest absolute Gasteiger partial charge is 0.213 e. The minimum absolute atomic E-state index is 0.0243. The SMILES string of the molecule is CC[C@@H](N)c1cncn1Cc1ccnc(OC)c1. The molecule has 96 valence electrons. The van der Waals surface area contributed by atoms with E-state index >= 15 is 0 Å². The van der Waals surface area contributed by atoms with E-state index in [0.29, 0.717) is 5.88 Å². The van der Waals surface area contributed by atoms with Crippen molar-refractivity contribution in [2.45, 2.75) is 25.9 Å². The van der Waals surface area contributed by atoms with E-state index in [-0.39, 0.29) is 6.04 Å². The third kappa shape index (κ3) is 2.68. The van der Waals surface area contributed by atoms with Gasteiger partial charge in [0, 0.05) is 31.0 Å². The Bertz CT molecular complexity index is 509. The molecular weight excluding hydrogens is 228 g/mol. The molecule has 2 aromatic rings. The molecule has 5 heteroatoms. The van der Waals surface area contributed by atoms with Crippen molar-refractivity contribution in [3.8, 4) is 5.88 Å². The summed E-state index contributed by atoms with van der Waals surface area (Å²) >= 11 is 0. The van der Waals surface area contributed by atoms with Gasteiger partial charge < -0.3 is 15.0 Å². The highest BCUT2D eigenvalue weighted by Crippen LogP contribution is 2.16. The molecule has 0 saturated heterocycles. The molecule has 0 unspecified atom stereocenters. The summed E-state index contributed by atoms with van der Waals surface area (Å²) in [6, 6.07) is 3.90. The number of nitrogens with two attached hydrogens (primary N) is 1. The number of rotatable bonds is 5. The van der Waals surface area contributed by atoms with Crippen LogP contribution >= 0.6 is 0 Å². The summed E-state index contributed by atoms with van der Waals surface area (Å²) in [4.78, 5) is 8.26. The monoisotopic (exact) mass is 246 g/mol. The number of hydrogen-bond acceptors (Lipinski definition) is 4. The molecular formula is C13H18N4O. The first-order chi connectivity index (χ1) is 8.74. The predicted octanol–water partition coefficient (Wildman–Crippen LogP) is 1.74. The second kappa shape index (κ2) is 5.64. The fraction of sp³-hybridized carbons (Fsp3) is 0.385. The molecule has 0 spiro atoms. The summed E-state index contributed by atoms with van der Waals surface area (Å²) in [7, 11) is 1.61. The van der Waals surface area contributed by atoms with Crippen LogP contribution in [0.1, 0.15) is 30.6 Å². The van der Waals surface area contributed by atoms with Crippen LogP contribution in [-0.2, 0) is 6.54 Å². The van der Waals surface area contributed by atoms with E-state index in [4.69, 9.17) is 10.5 Å². The second-order valence-corrected chi connectivity index (χ2v) is 4.17. The van der Waals surface area contributed by atoms with Crippen molar-refractivity contribution in [1.82, 2.24) is 14.5 Å².